The van der Waals surface area contributed by atoms with Crippen LogP contribution in [0.2, 0.25) is 0 Å². The first kappa shape index (κ1) is 9.72. The number of aromatic hydroxyl groups is 1. The molecular weight excluding hydrogens is 214 g/mol. The minimum Gasteiger partial charge on any atom is -0.508 e. The van der Waals surface area contributed by atoms with E-state index in [0.717, 1.165) is 4.88 Å². The Morgan fingerprint density at radius 3 is 2.67 bits per heavy atom. The van der Waals surface area contributed by atoms with E-state index in [4.69, 9.17) is 15.6 Å². The lowest BCUT2D eigenvalue weighted by molar-refractivity contribution is 0.309. The molecule has 2 aromatic rings. The van der Waals surface area contributed by atoms with E-state index < -0.39 is 0 Å². The van der Waals surface area contributed by atoms with Gasteiger partial charge in [-0.2, -0.15) is 0 Å². The van der Waals surface area contributed by atoms with Crippen molar-refractivity contribution >= 4 is 17.4 Å². The van der Waals surface area contributed by atoms with Crippen molar-refractivity contribution in [1.29, 1.82) is 0 Å². The summed E-state index contributed by atoms with van der Waals surface area (Å²) in [6.07, 6.45) is 0. The molecule has 3 N–H and O–H groups in total. The summed E-state index contributed by atoms with van der Waals surface area (Å²) in [4.78, 5) is 0.795. The van der Waals surface area contributed by atoms with Crippen LogP contribution in [0.3, 0.4) is 0 Å². The molecule has 0 saturated carbocycles. The Morgan fingerprint density at radius 2 is 2.07 bits per heavy atom. The molecule has 6 heteroatoms. The maximum Gasteiger partial charge on any atom is 0.165 e. The van der Waals surface area contributed by atoms with Gasteiger partial charge in [0.2, 0.25) is 0 Å². The van der Waals surface area contributed by atoms with Gasteiger partial charge >= 0.3 is 0 Å². The number of anilines is 1. The Labute approximate surface area is 90.3 Å². The van der Waals surface area contributed by atoms with Crippen molar-refractivity contribution < 1.29 is 9.84 Å². The van der Waals surface area contributed by atoms with E-state index in [1.54, 1.807) is 24.3 Å². The standard InChI is InChI=1S/C9H9N3O2S/c10-9-8(15-12-11-9)5-14-7-3-1-6(13)2-4-7/h1-4,13H,5,10H2. The second-order valence-corrected chi connectivity index (χ2v) is 3.70. The molecule has 0 fully saturated rings. The zero-order chi connectivity index (χ0) is 10.7. The van der Waals surface area contributed by atoms with Gasteiger partial charge in [0, 0.05) is 0 Å². The lowest BCUT2D eigenvalue weighted by Gasteiger charge is -2.03. The Morgan fingerprint density at radius 1 is 1.33 bits per heavy atom. The lowest BCUT2D eigenvalue weighted by atomic mass is 10.3. The molecule has 0 atom stereocenters. The second kappa shape index (κ2) is 4.14. The van der Waals surface area contributed by atoms with Crippen LogP contribution < -0.4 is 10.5 Å². The zero-order valence-corrected chi connectivity index (χ0v) is 8.57. The van der Waals surface area contributed by atoms with E-state index in [9.17, 15) is 0 Å². The Balaban J connectivity index is 1.99. The number of benzene rings is 1. The number of phenols is 1. The third kappa shape index (κ3) is 2.35. The summed E-state index contributed by atoms with van der Waals surface area (Å²) >= 11 is 1.21. The number of nitrogens with zero attached hydrogens (tertiary/aromatic N) is 2. The van der Waals surface area contributed by atoms with Crippen molar-refractivity contribution in [2.45, 2.75) is 6.61 Å². The van der Waals surface area contributed by atoms with Crippen molar-refractivity contribution in [3.05, 3.63) is 29.1 Å². The maximum absolute atomic E-state index is 9.06. The van der Waals surface area contributed by atoms with E-state index in [-0.39, 0.29) is 5.75 Å². The molecule has 0 saturated heterocycles. The molecule has 78 valence electrons. The van der Waals surface area contributed by atoms with Gasteiger partial charge in [0.25, 0.3) is 0 Å². The van der Waals surface area contributed by atoms with E-state index in [1.165, 1.54) is 11.5 Å². The number of hydrogen-bond donors (Lipinski definition) is 2. The molecule has 15 heavy (non-hydrogen) atoms. The minimum atomic E-state index is 0.210. The molecule has 0 radical (unpaired) electrons. The first-order valence-electron chi connectivity index (χ1n) is 4.24. The highest BCUT2D eigenvalue weighted by Gasteiger charge is 2.04. The van der Waals surface area contributed by atoms with Crippen molar-refractivity contribution in [3.63, 3.8) is 0 Å². The molecule has 1 heterocycles. The van der Waals surface area contributed by atoms with Gasteiger partial charge in [-0.15, -0.1) is 5.10 Å². The number of rotatable bonds is 3. The lowest BCUT2D eigenvalue weighted by Crippen LogP contribution is -1.97. The van der Waals surface area contributed by atoms with E-state index in [1.807, 2.05) is 0 Å². The highest BCUT2D eigenvalue weighted by molar-refractivity contribution is 7.05. The smallest absolute Gasteiger partial charge is 0.165 e. The topological polar surface area (TPSA) is 81.3 Å². The van der Waals surface area contributed by atoms with Crippen LogP contribution in [0, 0.1) is 0 Å². The minimum absolute atomic E-state index is 0.210. The fraction of sp³-hybridized carbons (Fsp3) is 0.111. The van der Waals surface area contributed by atoms with Crippen LogP contribution in [0.1, 0.15) is 4.88 Å². The summed E-state index contributed by atoms with van der Waals surface area (Å²) in [6, 6.07) is 6.48. The largest absolute Gasteiger partial charge is 0.508 e. The molecule has 0 aliphatic rings. The summed E-state index contributed by atoms with van der Waals surface area (Å²) in [5.74, 6) is 1.28. The number of ether oxygens (including phenoxy) is 1. The fourth-order valence-electron chi connectivity index (χ4n) is 1.01. The fourth-order valence-corrected chi connectivity index (χ4v) is 1.48. The first-order valence-corrected chi connectivity index (χ1v) is 5.01. The average molecular weight is 223 g/mol. The van der Waals surface area contributed by atoms with Crippen LogP contribution in [0.5, 0.6) is 11.5 Å². The highest BCUT2D eigenvalue weighted by Crippen LogP contribution is 2.19. The Hall–Kier alpha value is -1.82. The van der Waals surface area contributed by atoms with Gasteiger partial charge in [-0.25, -0.2) is 0 Å². The van der Waals surface area contributed by atoms with Crippen molar-refractivity contribution in [1.82, 2.24) is 9.59 Å². The summed E-state index contributed by atoms with van der Waals surface area (Å²) in [7, 11) is 0. The number of nitrogen functional groups attached to an aromatic ring is 1. The van der Waals surface area contributed by atoms with Crippen LogP contribution >= 0.6 is 11.5 Å². The predicted octanol–water partition coefficient (Wildman–Crippen LogP) is 1.40. The number of aromatic nitrogens is 2. The van der Waals surface area contributed by atoms with Gasteiger partial charge in [-0.05, 0) is 35.8 Å². The summed E-state index contributed by atoms with van der Waals surface area (Å²) in [6.45, 7) is 0.342. The molecule has 0 spiro atoms. The van der Waals surface area contributed by atoms with Crippen LogP contribution in [-0.2, 0) is 6.61 Å². The first-order chi connectivity index (χ1) is 7.25. The normalized spacial score (nSPS) is 10.1. The molecule has 1 aromatic carbocycles. The zero-order valence-electron chi connectivity index (χ0n) is 7.75. The number of hydrogen-bond acceptors (Lipinski definition) is 6. The van der Waals surface area contributed by atoms with Gasteiger partial charge in [-0.3, -0.25) is 0 Å². The van der Waals surface area contributed by atoms with Crippen LogP contribution in [-0.4, -0.2) is 14.7 Å². The Kier molecular flexibility index (Phi) is 2.68. The highest BCUT2D eigenvalue weighted by atomic mass is 32.1. The van der Waals surface area contributed by atoms with Crippen LogP contribution in [0.15, 0.2) is 24.3 Å². The van der Waals surface area contributed by atoms with Crippen molar-refractivity contribution in [3.8, 4) is 11.5 Å². The number of phenolic OH excluding ortho intramolecular Hbond substituents is 1. The van der Waals surface area contributed by atoms with Crippen molar-refractivity contribution in [2.24, 2.45) is 0 Å². The maximum atomic E-state index is 9.06. The Bertz CT molecular complexity index is 441. The summed E-state index contributed by atoms with van der Waals surface area (Å²) in [5.41, 5.74) is 5.55. The molecule has 0 bridgehead atoms. The molecule has 0 aliphatic heterocycles. The van der Waals surface area contributed by atoms with Gasteiger partial charge in [0.05, 0.1) is 0 Å². The molecular formula is C9H9N3O2S. The monoisotopic (exact) mass is 223 g/mol. The molecule has 1 aromatic heterocycles. The molecule has 0 unspecified atom stereocenters. The van der Waals surface area contributed by atoms with Gasteiger partial charge < -0.3 is 15.6 Å². The van der Waals surface area contributed by atoms with Crippen LogP contribution in [0.25, 0.3) is 0 Å². The van der Waals surface area contributed by atoms with E-state index in [2.05, 4.69) is 9.59 Å². The summed E-state index contributed by atoms with van der Waals surface area (Å²) < 4.78 is 9.12. The van der Waals surface area contributed by atoms with Crippen molar-refractivity contribution in [2.75, 3.05) is 5.73 Å². The van der Waals surface area contributed by atoms with E-state index in [0.29, 0.717) is 18.2 Å². The quantitative estimate of drug-likeness (QED) is 0.822. The third-order valence-electron chi connectivity index (χ3n) is 1.79. The molecule has 0 amide bonds. The SMILES string of the molecule is Nc1nnsc1COc1ccc(O)cc1. The molecule has 0 aliphatic carbocycles. The average Bonchev–Trinajstić information content (AvgIpc) is 2.63. The van der Waals surface area contributed by atoms with Crippen LogP contribution in [0.4, 0.5) is 5.82 Å². The van der Waals surface area contributed by atoms with Gasteiger partial charge in [0.1, 0.15) is 23.0 Å². The molecule has 5 nitrogen and oxygen atoms in total. The number of nitrogens with two attached hydrogens (primary N) is 1. The third-order valence-corrected chi connectivity index (χ3v) is 2.50. The van der Waals surface area contributed by atoms with Gasteiger partial charge in [0.15, 0.2) is 5.82 Å². The van der Waals surface area contributed by atoms with Gasteiger partial charge in [-0.1, -0.05) is 4.49 Å². The predicted molar refractivity (Wildman–Crippen MR) is 56.8 cm³/mol. The second-order valence-electron chi connectivity index (χ2n) is 2.86. The molecule has 2 rings (SSSR count). The summed E-state index contributed by atoms with van der Waals surface area (Å²) in [5, 5.41) is 12.7. The van der Waals surface area contributed by atoms with E-state index >= 15 is 0 Å².